The fourth-order valence-electron chi connectivity index (χ4n) is 5.31. The van der Waals surface area contributed by atoms with Gasteiger partial charge >= 0.3 is 0 Å². The van der Waals surface area contributed by atoms with E-state index in [9.17, 15) is 0 Å². The van der Waals surface area contributed by atoms with Gasteiger partial charge in [-0.15, -0.1) is 0 Å². The third-order valence-corrected chi connectivity index (χ3v) is 46.6. The Morgan fingerprint density at radius 2 is 1.32 bits per heavy atom. The van der Waals surface area contributed by atoms with Crippen molar-refractivity contribution in [2.75, 3.05) is 26.2 Å². The number of hydrogen-bond donors (Lipinski definition) is 0. The zero-order valence-electron chi connectivity index (χ0n) is 15.7. The second kappa shape index (κ2) is 5.52. The van der Waals surface area contributed by atoms with E-state index >= 15 is 0 Å². The summed E-state index contributed by atoms with van der Waals surface area (Å²) in [6.07, 6.45) is 5.58. The van der Waals surface area contributed by atoms with Crippen LogP contribution >= 0.6 is 0 Å². The first-order valence-corrected chi connectivity index (χ1v) is 19.9. The van der Waals surface area contributed by atoms with Gasteiger partial charge in [0.05, 0.1) is 7.11 Å². The standard InChI is InChI=1S/C16H36N2OSi3/c1-16(17-11-7-8-12-17)15-22(6,18-13-9-10-14-18)21(4,5)20(2,3)19-16/h7-15H2,1-6H3. The second-order valence-corrected chi connectivity index (χ2v) is 35.1. The average molecular weight is 357 g/mol. The molecule has 0 amide bonds. The second-order valence-electron chi connectivity index (χ2n) is 9.25. The molecule has 3 heterocycles. The normalized spacial score (nSPS) is 42.8. The molecule has 3 fully saturated rings. The molecule has 2 atom stereocenters. The van der Waals surface area contributed by atoms with Gasteiger partial charge in [-0.1, -0.05) is 19.6 Å². The zero-order valence-corrected chi connectivity index (χ0v) is 18.7. The Balaban J connectivity index is 1.98. The molecule has 3 nitrogen and oxygen atoms in total. The van der Waals surface area contributed by atoms with E-state index < -0.39 is 22.7 Å². The number of likely N-dealkylation sites (tertiary alicyclic amines) is 1. The molecule has 0 N–H and O–H groups in total. The summed E-state index contributed by atoms with van der Waals surface area (Å²) in [5.74, 6) is 0. The summed E-state index contributed by atoms with van der Waals surface area (Å²) in [5.41, 5.74) is 0.0400. The van der Waals surface area contributed by atoms with Gasteiger partial charge in [0, 0.05) is 13.1 Å². The lowest BCUT2D eigenvalue weighted by atomic mass is 10.3. The van der Waals surface area contributed by atoms with Crippen molar-refractivity contribution in [3.8, 4) is 0 Å². The van der Waals surface area contributed by atoms with Gasteiger partial charge in [-0.05, 0) is 64.8 Å². The largest absolute Gasteiger partial charge is 0.403 e. The van der Waals surface area contributed by atoms with Crippen molar-refractivity contribution in [1.29, 1.82) is 0 Å². The molecule has 0 saturated carbocycles. The van der Waals surface area contributed by atoms with Gasteiger partial charge in [-0.2, -0.15) is 0 Å². The zero-order chi connectivity index (χ0) is 16.2. The molecule has 3 saturated heterocycles. The van der Waals surface area contributed by atoms with Crippen LogP contribution in [0.2, 0.25) is 38.8 Å². The van der Waals surface area contributed by atoms with Crippen LogP contribution in [0.5, 0.6) is 0 Å². The molecule has 22 heavy (non-hydrogen) atoms. The van der Waals surface area contributed by atoms with Crippen molar-refractivity contribution in [1.82, 2.24) is 9.47 Å². The molecule has 0 aromatic carbocycles. The molecular formula is C16H36N2OSi3. The van der Waals surface area contributed by atoms with E-state index in [4.69, 9.17) is 4.43 Å². The van der Waals surface area contributed by atoms with Gasteiger partial charge in [0.25, 0.3) is 0 Å². The number of hydrogen-bond acceptors (Lipinski definition) is 3. The Kier molecular flexibility index (Phi) is 4.36. The maximum absolute atomic E-state index is 7.05. The highest BCUT2D eigenvalue weighted by atomic mass is 29.6. The summed E-state index contributed by atoms with van der Waals surface area (Å²) in [4.78, 5) is 2.70. The van der Waals surface area contributed by atoms with Gasteiger partial charge in [-0.25, -0.2) is 0 Å². The van der Waals surface area contributed by atoms with E-state index in [1.165, 1.54) is 57.9 Å². The van der Waals surface area contributed by atoms with Crippen LogP contribution in [0.25, 0.3) is 0 Å². The Bertz CT molecular complexity index is 433. The van der Waals surface area contributed by atoms with Crippen LogP contribution in [0, 0.1) is 0 Å². The van der Waals surface area contributed by atoms with E-state index in [0.29, 0.717) is 0 Å². The minimum atomic E-state index is -1.61. The molecule has 3 rings (SSSR count). The molecule has 3 aliphatic heterocycles. The lowest BCUT2D eigenvalue weighted by molar-refractivity contribution is -0.0499. The fourth-order valence-corrected chi connectivity index (χ4v) is 37.7. The molecule has 6 heteroatoms. The molecule has 0 aromatic heterocycles. The Labute approximate surface area is 140 Å². The molecule has 0 radical (unpaired) electrons. The summed E-state index contributed by atoms with van der Waals surface area (Å²) >= 11 is 0. The van der Waals surface area contributed by atoms with Gasteiger partial charge in [0.1, 0.15) is 13.5 Å². The minimum absolute atomic E-state index is 0.0400. The highest BCUT2D eigenvalue weighted by Crippen LogP contribution is 2.48. The molecule has 2 unspecified atom stereocenters. The average Bonchev–Trinajstić information content (AvgIpc) is 3.10. The van der Waals surface area contributed by atoms with Crippen LogP contribution in [-0.2, 0) is 4.43 Å². The summed E-state index contributed by atoms with van der Waals surface area (Å²) < 4.78 is 10.1. The Morgan fingerprint density at radius 1 is 0.818 bits per heavy atom. The lowest BCUT2D eigenvalue weighted by Crippen LogP contribution is -2.85. The Hall–Kier alpha value is 0.531. The monoisotopic (exact) mass is 356 g/mol. The van der Waals surface area contributed by atoms with Crippen LogP contribution < -0.4 is 0 Å². The summed E-state index contributed by atoms with van der Waals surface area (Å²) in [6.45, 7) is 20.9. The first kappa shape index (κ1) is 17.4. The van der Waals surface area contributed by atoms with Crippen molar-refractivity contribution in [2.45, 2.75) is 77.1 Å². The summed E-state index contributed by atoms with van der Waals surface area (Å²) in [7, 11) is -4.33. The quantitative estimate of drug-likeness (QED) is 0.704. The highest BCUT2D eigenvalue weighted by molar-refractivity contribution is 7.67. The summed E-state index contributed by atoms with van der Waals surface area (Å²) in [6, 6.07) is 1.36. The third kappa shape index (κ3) is 2.45. The third-order valence-electron chi connectivity index (χ3n) is 7.58. The maximum atomic E-state index is 7.05. The van der Waals surface area contributed by atoms with Crippen LogP contribution in [-0.4, -0.2) is 64.1 Å². The van der Waals surface area contributed by atoms with E-state index in [-0.39, 0.29) is 5.72 Å². The van der Waals surface area contributed by atoms with E-state index in [1.807, 2.05) is 0 Å². The van der Waals surface area contributed by atoms with Gasteiger partial charge in [0.2, 0.25) is 0 Å². The summed E-state index contributed by atoms with van der Waals surface area (Å²) in [5, 5.41) is 0. The van der Waals surface area contributed by atoms with Crippen molar-refractivity contribution in [3.63, 3.8) is 0 Å². The van der Waals surface area contributed by atoms with Crippen molar-refractivity contribution >= 4 is 22.7 Å². The molecule has 3 aliphatic rings. The van der Waals surface area contributed by atoms with Gasteiger partial charge in [-0.3, -0.25) is 4.90 Å². The molecule has 0 spiro atoms. The highest BCUT2D eigenvalue weighted by Gasteiger charge is 2.67. The van der Waals surface area contributed by atoms with Crippen LogP contribution in [0.4, 0.5) is 0 Å². The van der Waals surface area contributed by atoms with Crippen LogP contribution in [0.1, 0.15) is 32.6 Å². The smallest absolute Gasteiger partial charge is 0.175 e. The number of nitrogens with zero attached hydrogens (tertiary/aromatic N) is 2. The minimum Gasteiger partial charge on any atom is -0.403 e. The molecule has 0 bridgehead atoms. The Morgan fingerprint density at radius 3 is 1.86 bits per heavy atom. The molecule has 0 aliphatic carbocycles. The molecular weight excluding hydrogens is 320 g/mol. The van der Waals surface area contributed by atoms with E-state index in [0.717, 1.165) is 0 Å². The van der Waals surface area contributed by atoms with Crippen molar-refractivity contribution in [2.24, 2.45) is 0 Å². The van der Waals surface area contributed by atoms with Crippen molar-refractivity contribution in [3.05, 3.63) is 0 Å². The fraction of sp³-hybridized carbons (Fsp3) is 1.00. The van der Waals surface area contributed by atoms with Crippen LogP contribution in [0.3, 0.4) is 0 Å². The molecule has 128 valence electrons. The number of rotatable bonds is 2. The predicted molar refractivity (Wildman–Crippen MR) is 102 cm³/mol. The van der Waals surface area contributed by atoms with Crippen LogP contribution in [0.15, 0.2) is 0 Å². The first-order chi connectivity index (χ1) is 10.1. The molecule has 0 aromatic rings. The SMILES string of the molecule is CC1(N2CCCC2)C[Si](C)(N2CCCC2)[Si](C)(C)[Si](C)(C)O1. The maximum Gasteiger partial charge on any atom is 0.175 e. The van der Waals surface area contributed by atoms with Gasteiger partial charge < -0.3 is 8.99 Å². The first-order valence-electron chi connectivity index (χ1n) is 9.33. The lowest BCUT2D eigenvalue weighted by Gasteiger charge is -2.63. The topological polar surface area (TPSA) is 15.7 Å². The predicted octanol–water partition coefficient (Wildman–Crippen LogP) is 3.57. The van der Waals surface area contributed by atoms with Crippen molar-refractivity contribution < 1.29 is 4.43 Å². The van der Waals surface area contributed by atoms with E-state index in [2.05, 4.69) is 49.1 Å². The van der Waals surface area contributed by atoms with E-state index in [1.54, 1.807) is 0 Å². The van der Waals surface area contributed by atoms with Gasteiger partial charge in [0.15, 0.2) is 7.83 Å².